The highest BCUT2D eigenvalue weighted by atomic mass is 16.1. The Morgan fingerprint density at radius 2 is 1.67 bits per heavy atom. The molecule has 5 nitrogen and oxygen atoms in total. The summed E-state index contributed by atoms with van der Waals surface area (Å²) in [4.78, 5) is 16.4. The van der Waals surface area contributed by atoms with Gasteiger partial charge in [-0.05, 0) is 42.5 Å². The van der Waals surface area contributed by atoms with Gasteiger partial charge in [-0.1, -0.05) is 18.2 Å². The van der Waals surface area contributed by atoms with E-state index in [4.69, 9.17) is 5.26 Å². The monoisotopic (exact) mass is 314 g/mol. The molecule has 0 aliphatic carbocycles. The molecule has 3 aromatic rings. The molecule has 1 amide bonds. The fraction of sp³-hybridized carbons (Fsp3) is 0. The Labute approximate surface area is 139 Å². The molecular weight excluding hydrogens is 300 g/mol. The molecule has 0 aliphatic heterocycles. The molecule has 1 aromatic heterocycles. The van der Waals surface area contributed by atoms with Gasteiger partial charge >= 0.3 is 0 Å². The summed E-state index contributed by atoms with van der Waals surface area (Å²) >= 11 is 0. The summed E-state index contributed by atoms with van der Waals surface area (Å²) in [6, 6.07) is 20.1. The number of pyridine rings is 1. The minimum atomic E-state index is -0.260. The lowest BCUT2D eigenvalue weighted by atomic mass is 10.2. The van der Waals surface area contributed by atoms with E-state index in [0.717, 1.165) is 11.4 Å². The minimum Gasteiger partial charge on any atom is -0.354 e. The third kappa shape index (κ3) is 3.76. The van der Waals surface area contributed by atoms with Crippen molar-refractivity contribution in [1.29, 1.82) is 5.26 Å². The molecule has 116 valence electrons. The Morgan fingerprint density at radius 3 is 2.38 bits per heavy atom. The van der Waals surface area contributed by atoms with Crippen molar-refractivity contribution in [2.75, 3.05) is 10.6 Å². The Morgan fingerprint density at radius 1 is 0.917 bits per heavy atom. The molecule has 0 aliphatic rings. The van der Waals surface area contributed by atoms with E-state index in [-0.39, 0.29) is 5.91 Å². The van der Waals surface area contributed by atoms with E-state index >= 15 is 0 Å². The van der Waals surface area contributed by atoms with E-state index in [0.29, 0.717) is 16.8 Å². The van der Waals surface area contributed by atoms with Crippen molar-refractivity contribution < 1.29 is 4.79 Å². The van der Waals surface area contributed by atoms with Gasteiger partial charge in [0.05, 0.1) is 29.1 Å². The van der Waals surface area contributed by atoms with Crippen molar-refractivity contribution in [2.24, 2.45) is 0 Å². The molecule has 2 N–H and O–H groups in total. The van der Waals surface area contributed by atoms with Crippen LogP contribution in [0.2, 0.25) is 0 Å². The molecule has 0 bridgehead atoms. The summed E-state index contributed by atoms with van der Waals surface area (Å²) in [6.45, 7) is 0. The summed E-state index contributed by atoms with van der Waals surface area (Å²) in [7, 11) is 0. The van der Waals surface area contributed by atoms with Gasteiger partial charge in [0.15, 0.2) is 0 Å². The Hall–Kier alpha value is -3.65. The van der Waals surface area contributed by atoms with Gasteiger partial charge in [-0.2, -0.15) is 5.26 Å². The first-order chi connectivity index (χ1) is 11.7. The van der Waals surface area contributed by atoms with Crippen molar-refractivity contribution in [2.45, 2.75) is 0 Å². The Balaban J connectivity index is 1.73. The van der Waals surface area contributed by atoms with Crippen LogP contribution in [0, 0.1) is 11.3 Å². The third-order valence-electron chi connectivity index (χ3n) is 3.33. The van der Waals surface area contributed by atoms with Crippen LogP contribution in [-0.4, -0.2) is 10.9 Å². The van der Waals surface area contributed by atoms with Crippen LogP contribution in [0.5, 0.6) is 0 Å². The van der Waals surface area contributed by atoms with Crippen molar-refractivity contribution >= 4 is 23.0 Å². The van der Waals surface area contributed by atoms with Gasteiger partial charge < -0.3 is 10.6 Å². The molecule has 2 aromatic carbocycles. The summed E-state index contributed by atoms with van der Waals surface area (Å²) in [5, 5.41) is 14.8. The molecule has 24 heavy (non-hydrogen) atoms. The van der Waals surface area contributed by atoms with Crippen LogP contribution in [0.4, 0.5) is 17.1 Å². The smallest absolute Gasteiger partial charge is 0.257 e. The van der Waals surface area contributed by atoms with E-state index in [2.05, 4.69) is 15.6 Å². The number of anilines is 3. The highest BCUT2D eigenvalue weighted by Gasteiger charge is 2.08. The van der Waals surface area contributed by atoms with Gasteiger partial charge in [-0.15, -0.1) is 0 Å². The van der Waals surface area contributed by atoms with E-state index in [1.54, 1.807) is 36.5 Å². The van der Waals surface area contributed by atoms with Gasteiger partial charge in [0.1, 0.15) is 0 Å². The van der Waals surface area contributed by atoms with Gasteiger partial charge in [-0.25, -0.2) is 0 Å². The average Bonchev–Trinajstić information content (AvgIpc) is 2.63. The van der Waals surface area contributed by atoms with Crippen LogP contribution in [0.25, 0.3) is 0 Å². The fourth-order valence-electron chi connectivity index (χ4n) is 2.15. The SMILES string of the molecule is N#Cc1ccc(NC(=O)c2cncc(Nc3ccccc3)c2)cc1. The maximum absolute atomic E-state index is 12.3. The van der Waals surface area contributed by atoms with Crippen molar-refractivity contribution in [1.82, 2.24) is 4.98 Å². The summed E-state index contributed by atoms with van der Waals surface area (Å²) in [5.41, 5.74) is 3.27. The highest BCUT2D eigenvalue weighted by molar-refractivity contribution is 6.04. The second-order valence-corrected chi connectivity index (χ2v) is 5.10. The zero-order valence-corrected chi connectivity index (χ0v) is 12.7. The predicted octanol–water partition coefficient (Wildman–Crippen LogP) is 3.95. The fourth-order valence-corrected chi connectivity index (χ4v) is 2.15. The second kappa shape index (κ2) is 7.07. The van der Waals surface area contributed by atoms with Crippen LogP contribution >= 0.6 is 0 Å². The zero-order valence-electron chi connectivity index (χ0n) is 12.7. The number of amides is 1. The average molecular weight is 314 g/mol. The molecule has 0 unspecified atom stereocenters. The van der Waals surface area contributed by atoms with Crippen LogP contribution in [-0.2, 0) is 0 Å². The zero-order chi connectivity index (χ0) is 16.8. The van der Waals surface area contributed by atoms with E-state index in [1.807, 2.05) is 36.4 Å². The molecule has 0 radical (unpaired) electrons. The third-order valence-corrected chi connectivity index (χ3v) is 3.33. The number of carbonyl (C=O) groups is 1. The van der Waals surface area contributed by atoms with Gasteiger partial charge in [0.2, 0.25) is 0 Å². The van der Waals surface area contributed by atoms with Crippen LogP contribution in [0.3, 0.4) is 0 Å². The number of nitriles is 1. The van der Waals surface area contributed by atoms with Gasteiger partial charge in [0, 0.05) is 17.6 Å². The molecule has 3 rings (SSSR count). The van der Waals surface area contributed by atoms with Crippen molar-refractivity contribution in [3.8, 4) is 6.07 Å². The molecule has 0 saturated carbocycles. The Kier molecular flexibility index (Phi) is 4.50. The number of aromatic nitrogens is 1. The lowest BCUT2D eigenvalue weighted by molar-refractivity contribution is 0.102. The maximum Gasteiger partial charge on any atom is 0.257 e. The van der Waals surface area contributed by atoms with Crippen molar-refractivity contribution in [3.63, 3.8) is 0 Å². The first-order valence-electron chi connectivity index (χ1n) is 7.33. The van der Waals surface area contributed by atoms with Crippen LogP contribution in [0.15, 0.2) is 73.1 Å². The van der Waals surface area contributed by atoms with E-state index in [9.17, 15) is 4.79 Å². The lowest BCUT2D eigenvalue weighted by Gasteiger charge is -2.08. The summed E-state index contributed by atoms with van der Waals surface area (Å²) in [5.74, 6) is -0.260. The topological polar surface area (TPSA) is 77.8 Å². The predicted molar refractivity (Wildman–Crippen MR) is 93.1 cm³/mol. The lowest BCUT2D eigenvalue weighted by Crippen LogP contribution is -2.12. The first kappa shape index (κ1) is 15.3. The molecule has 0 spiro atoms. The quantitative estimate of drug-likeness (QED) is 0.764. The number of rotatable bonds is 4. The van der Waals surface area contributed by atoms with Crippen molar-refractivity contribution in [3.05, 3.63) is 84.2 Å². The first-order valence-corrected chi connectivity index (χ1v) is 7.33. The highest BCUT2D eigenvalue weighted by Crippen LogP contribution is 2.17. The minimum absolute atomic E-state index is 0.260. The van der Waals surface area contributed by atoms with Gasteiger partial charge in [0.25, 0.3) is 5.91 Å². The van der Waals surface area contributed by atoms with Gasteiger partial charge in [-0.3, -0.25) is 9.78 Å². The molecule has 0 atom stereocenters. The number of carbonyl (C=O) groups excluding carboxylic acids is 1. The van der Waals surface area contributed by atoms with Crippen LogP contribution in [0.1, 0.15) is 15.9 Å². The molecule has 0 saturated heterocycles. The largest absolute Gasteiger partial charge is 0.354 e. The second-order valence-electron chi connectivity index (χ2n) is 5.10. The number of nitrogens with zero attached hydrogens (tertiary/aromatic N) is 2. The molecule has 0 fully saturated rings. The molecule has 1 heterocycles. The number of hydrogen-bond acceptors (Lipinski definition) is 4. The standard InChI is InChI=1S/C19H14N4O/c20-11-14-6-8-17(9-7-14)23-19(24)15-10-18(13-21-12-15)22-16-4-2-1-3-5-16/h1-10,12-13,22H,(H,23,24). The summed E-state index contributed by atoms with van der Waals surface area (Å²) < 4.78 is 0. The van der Waals surface area contributed by atoms with E-state index in [1.165, 1.54) is 6.20 Å². The Bertz CT molecular complexity index is 883. The molecule has 5 heteroatoms. The van der Waals surface area contributed by atoms with E-state index < -0.39 is 0 Å². The number of nitrogens with one attached hydrogen (secondary N) is 2. The number of hydrogen-bond donors (Lipinski definition) is 2. The number of benzene rings is 2. The molecular formula is C19H14N4O. The number of para-hydroxylation sites is 1. The maximum atomic E-state index is 12.3. The normalized spacial score (nSPS) is 9.79. The van der Waals surface area contributed by atoms with Crippen LogP contribution < -0.4 is 10.6 Å². The summed E-state index contributed by atoms with van der Waals surface area (Å²) in [6.07, 6.45) is 3.17.